The number of benzene rings is 1. The average molecular weight is 252 g/mol. The lowest BCUT2D eigenvalue weighted by Crippen LogP contribution is -2.39. The van der Waals surface area contributed by atoms with Gasteiger partial charge in [-0.05, 0) is 26.1 Å². The average Bonchev–Trinajstić information content (AvgIpc) is 2.42. The molecule has 0 saturated carbocycles. The van der Waals surface area contributed by atoms with Gasteiger partial charge in [0.2, 0.25) is 0 Å². The van der Waals surface area contributed by atoms with Crippen molar-refractivity contribution in [1.82, 2.24) is 10.6 Å². The molecule has 0 aromatic heterocycles. The predicted molar refractivity (Wildman–Crippen MR) is 70.0 cm³/mol. The van der Waals surface area contributed by atoms with E-state index in [1.54, 1.807) is 19.2 Å². The van der Waals surface area contributed by atoms with E-state index in [2.05, 4.69) is 10.6 Å². The molecule has 0 aliphatic heterocycles. The van der Waals surface area contributed by atoms with Crippen molar-refractivity contribution >= 4 is 5.91 Å². The number of para-hydroxylation sites is 2. The normalized spacial score (nSPS) is 11.7. The molecule has 100 valence electrons. The number of methoxy groups -OCH3 is 1. The van der Waals surface area contributed by atoms with Gasteiger partial charge in [-0.25, -0.2) is 0 Å². The topological polar surface area (TPSA) is 59.6 Å². The van der Waals surface area contributed by atoms with Crippen molar-refractivity contribution in [3.63, 3.8) is 0 Å². The van der Waals surface area contributed by atoms with Crippen LogP contribution in [0.3, 0.4) is 0 Å². The smallest absolute Gasteiger partial charge is 0.257 e. The quantitative estimate of drug-likeness (QED) is 0.753. The Bertz CT molecular complexity index is 382. The monoisotopic (exact) mass is 252 g/mol. The van der Waals surface area contributed by atoms with E-state index >= 15 is 0 Å². The van der Waals surface area contributed by atoms with E-state index < -0.39 is 0 Å². The summed E-state index contributed by atoms with van der Waals surface area (Å²) in [4.78, 5) is 11.5. The fourth-order valence-electron chi connectivity index (χ4n) is 1.30. The maximum Gasteiger partial charge on any atom is 0.257 e. The molecule has 0 heterocycles. The van der Waals surface area contributed by atoms with E-state index in [1.807, 2.05) is 26.1 Å². The number of likely N-dealkylation sites (N-methyl/N-ethyl adjacent to an activating group) is 1. The number of carbonyl (C=O) groups is 1. The Labute approximate surface area is 107 Å². The van der Waals surface area contributed by atoms with Crippen LogP contribution in [0.25, 0.3) is 0 Å². The molecule has 5 nitrogen and oxygen atoms in total. The van der Waals surface area contributed by atoms with Crippen molar-refractivity contribution in [2.24, 2.45) is 0 Å². The Morgan fingerprint density at radius 2 is 2.00 bits per heavy atom. The SMILES string of the molecule is CNC(C)CNC(=O)COc1ccccc1OC. The third-order valence-electron chi connectivity index (χ3n) is 2.53. The van der Waals surface area contributed by atoms with Crippen LogP contribution >= 0.6 is 0 Å². The van der Waals surface area contributed by atoms with E-state index in [0.717, 1.165) is 0 Å². The number of amides is 1. The standard InChI is InChI=1S/C13H20N2O3/c1-10(14-2)8-15-13(16)9-18-12-7-5-4-6-11(12)17-3/h4-7,10,14H,8-9H2,1-3H3,(H,15,16). The molecular weight excluding hydrogens is 232 g/mol. The lowest BCUT2D eigenvalue weighted by Gasteiger charge is -2.13. The minimum Gasteiger partial charge on any atom is -0.493 e. The summed E-state index contributed by atoms with van der Waals surface area (Å²) >= 11 is 0. The molecule has 1 atom stereocenters. The zero-order valence-corrected chi connectivity index (χ0v) is 11.0. The highest BCUT2D eigenvalue weighted by molar-refractivity contribution is 5.77. The zero-order valence-electron chi connectivity index (χ0n) is 11.0. The number of carbonyl (C=O) groups excluding carboxylic acids is 1. The molecule has 0 fully saturated rings. The number of nitrogens with one attached hydrogen (secondary N) is 2. The van der Waals surface area contributed by atoms with Crippen molar-refractivity contribution in [3.8, 4) is 11.5 Å². The predicted octanol–water partition coefficient (Wildman–Crippen LogP) is 0.798. The zero-order chi connectivity index (χ0) is 13.4. The van der Waals surface area contributed by atoms with Crippen LogP contribution in [-0.2, 0) is 4.79 Å². The summed E-state index contributed by atoms with van der Waals surface area (Å²) in [6.07, 6.45) is 0. The lowest BCUT2D eigenvalue weighted by atomic mass is 10.3. The van der Waals surface area contributed by atoms with Gasteiger partial charge >= 0.3 is 0 Å². The maximum absolute atomic E-state index is 11.5. The van der Waals surface area contributed by atoms with Gasteiger partial charge in [-0.3, -0.25) is 4.79 Å². The Morgan fingerprint density at radius 1 is 1.33 bits per heavy atom. The Balaban J connectivity index is 2.38. The molecule has 0 bridgehead atoms. The fraction of sp³-hybridized carbons (Fsp3) is 0.462. The van der Waals surface area contributed by atoms with Crippen LogP contribution in [0.1, 0.15) is 6.92 Å². The van der Waals surface area contributed by atoms with Gasteiger partial charge in [0.25, 0.3) is 5.91 Å². The second kappa shape index (κ2) is 7.55. The molecule has 1 amide bonds. The van der Waals surface area contributed by atoms with E-state index in [4.69, 9.17) is 9.47 Å². The summed E-state index contributed by atoms with van der Waals surface area (Å²) in [6.45, 7) is 2.54. The Kier molecular flexibility index (Phi) is 6.00. The minimum absolute atomic E-state index is 0.0171. The van der Waals surface area contributed by atoms with E-state index in [0.29, 0.717) is 18.0 Å². The molecule has 1 aromatic rings. The number of rotatable bonds is 7. The summed E-state index contributed by atoms with van der Waals surface area (Å²) < 4.78 is 10.5. The fourth-order valence-corrected chi connectivity index (χ4v) is 1.30. The lowest BCUT2D eigenvalue weighted by molar-refractivity contribution is -0.123. The van der Waals surface area contributed by atoms with Crippen LogP contribution in [0.5, 0.6) is 11.5 Å². The van der Waals surface area contributed by atoms with Crippen LogP contribution in [0.15, 0.2) is 24.3 Å². The number of hydrogen-bond acceptors (Lipinski definition) is 4. The van der Waals surface area contributed by atoms with Gasteiger partial charge in [-0.15, -0.1) is 0 Å². The second-order valence-electron chi connectivity index (χ2n) is 3.93. The second-order valence-corrected chi connectivity index (χ2v) is 3.93. The Hall–Kier alpha value is -1.75. The summed E-state index contributed by atoms with van der Waals surface area (Å²) in [6, 6.07) is 7.47. The molecule has 0 spiro atoms. The molecule has 1 aromatic carbocycles. The van der Waals surface area contributed by atoms with E-state index in [-0.39, 0.29) is 18.6 Å². The molecule has 1 unspecified atom stereocenters. The van der Waals surface area contributed by atoms with Crippen LogP contribution in [0, 0.1) is 0 Å². The van der Waals surface area contributed by atoms with Crippen molar-refractivity contribution in [2.45, 2.75) is 13.0 Å². The van der Waals surface area contributed by atoms with Crippen LogP contribution in [-0.4, -0.2) is 39.3 Å². The van der Waals surface area contributed by atoms with Gasteiger partial charge < -0.3 is 20.1 Å². The molecule has 0 saturated heterocycles. The third-order valence-corrected chi connectivity index (χ3v) is 2.53. The van der Waals surface area contributed by atoms with Crippen LogP contribution in [0.2, 0.25) is 0 Å². The molecule has 2 N–H and O–H groups in total. The van der Waals surface area contributed by atoms with Crippen molar-refractivity contribution < 1.29 is 14.3 Å². The molecular formula is C13H20N2O3. The first-order chi connectivity index (χ1) is 8.67. The van der Waals surface area contributed by atoms with Crippen LogP contribution in [0.4, 0.5) is 0 Å². The van der Waals surface area contributed by atoms with Gasteiger partial charge in [0.1, 0.15) is 0 Å². The maximum atomic E-state index is 11.5. The molecule has 5 heteroatoms. The van der Waals surface area contributed by atoms with Crippen molar-refractivity contribution in [1.29, 1.82) is 0 Å². The van der Waals surface area contributed by atoms with E-state index in [9.17, 15) is 4.79 Å². The molecule has 1 rings (SSSR count). The van der Waals surface area contributed by atoms with Crippen molar-refractivity contribution in [2.75, 3.05) is 27.3 Å². The first kappa shape index (κ1) is 14.3. The highest BCUT2D eigenvalue weighted by Gasteiger charge is 2.07. The van der Waals surface area contributed by atoms with Gasteiger partial charge in [0.05, 0.1) is 7.11 Å². The molecule has 0 radical (unpaired) electrons. The summed E-state index contributed by atoms with van der Waals surface area (Å²) in [5.74, 6) is 1.04. The summed E-state index contributed by atoms with van der Waals surface area (Å²) in [7, 11) is 3.42. The van der Waals surface area contributed by atoms with Gasteiger partial charge in [0.15, 0.2) is 18.1 Å². The first-order valence-electron chi connectivity index (χ1n) is 5.87. The van der Waals surface area contributed by atoms with Crippen molar-refractivity contribution in [3.05, 3.63) is 24.3 Å². The Morgan fingerprint density at radius 3 is 2.61 bits per heavy atom. The number of ether oxygens (including phenoxy) is 2. The largest absolute Gasteiger partial charge is 0.493 e. The summed E-state index contributed by atoms with van der Waals surface area (Å²) in [5, 5.41) is 5.81. The third kappa shape index (κ3) is 4.63. The minimum atomic E-state index is -0.150. The number of hydrogen-bond donors (Lipinski definition) is 2. The highest BCUT2D eigenvalue weighted by atomic mass is 16.5. The highest BCUT2D eigenvalue weighted by Crippen LogP contribution is 2.25. The molecule has 18 heavy (non-hydrogen) atoms. The first-order valence-corrected chi connectivity index (χ1v) is 5.87. The molecule has 0 aliphatic carbocycles. The summed E-state index contributed by atoms with van der Waals surface area (Å²) in [5.41, 5.74) is 0. The van der Waals surface area contributed by atoms with E-state index in [1.165, 1.54) is 0 Å². The molecule has 0 aliphatic rings. The van der Waals surface area contributed by atoms with Gasteiger partial charge in [-0.1, -0.05) is 12.1 Å². The van der Waals surface area contributed by atoms with Gasteiger partial charge in [-0.2, -0.15) is 0 Å². The van der Waals surface area contributed by atoms with Gasteiger partial charge in [0, 0.05) is 12.6 Å². The van der Waals surface area contributed by atoms with Crippen LogP contribution < -0.4 is 20.1 Å².